The highest BCUT2D eigenvalue weighted by Crippen LogP contribution is 1.99. The molecule has 0 aliphatic carbocycles. The monoisotopic (exact) mass is 271 g/mol. The zero-order valence-corrected chi connectivity index (χ0v) is 12.0. The highest BCUT2D eigenvalue weighted by atomic mass is 16.1. The number of nitriles is 1. The van der Waals surface area contributed by atoms with Crippen LogP contribution in [-0.4, -0.2) is 18.5 Å². The minimum absolute atomic E-state index is 0.0727. The summed E-state index contributed by atoms with van der Waals surface area (Å²) in [7, 11) is 0. The van der Waals surface area contributed by atoms with Crippen molar-refractivity contribution >= 4 is 5.91 Å². The Morgan fingerprint density at radius 2 is 2.10 bits per heavy atom. The second-order valence-corrected chi connectivity index (χ2v) is 4.64. The molecule has 0 aromatic heterocycles. The van der Waals surface area contributed by atoms with E-state index in [0.29, 0.717) is 6.54 Å². The molecule has 1 atom stereocenters. The number of carbonyl (C=O) groups is 1. The van der Waals surface area contributed by atoms with Crippen LogP contribution in [0.5, 0.6) is 0 Å². The first-order valence-electron chi connectivity index (χ1n) is 6.85. The highest BCUT2D eigenvalue weighted by Gasteiger charge is 2.10. The summed E-state index contributed by atoms with van der Waals surface area (Å²) in [5.74, 6) is -0.325. The Labute approximate surface area is 120 Å². The van der Waals surface area contributed by atoms with E-state index in [2.05, 4.69) is 10.6 Å². The van der Waals surface area contributed by atoms with Crippen LogP contribution < -0.4 is 10.6 Å². The van der Waals surface area contributed by atoms with Gasteiger partial charge in [-0.25, -0.2) is 0 Å². The molecule has 2 N–H and O–H groups in total. The Morgan fingerprint density at radius 3 is 2.70 bits per heavy atom. The van der Waals surface area contributed by atoms with Crippen LogP contribution >= 0.6 is 0 Å². The van der Waals surface area contributed by atoms with Crippen molar-refractivity contribution in [3.05, 3.63) is 47.7 Å². The number of carbonyl (C=O) groups excluding carboxylic acids is 1. The number of nitrogens with one attached hydrogen (secondary N) is 2. The maximum absolute atomic E-state index is 11.8. The predicted octanol–water partition coefficient (Wildman–Crippen LogP) is 2.14. The molecule has 0 heterocycles. The fraction of sp³-hybridized carbons (Fsp3) is 0.375. The number of nitrogens with zero attached hydrogens (tertiary/aromatic N) is 1. The fourth-order valence-corrected chi connectivity index (χ4v) is 1.59. The average Bonchev–Trinajstić information content (AvgIpc) is 2.48. The van der Waals surface area contributed by atoms with Gasteiger partial charge in [0.15, 0.2) is 0 Å². The van der Waals surface area contributed by atoms with E-state index in [0.717, 1.165) is 12.8 Å². The largest absolute Gasteiger partial charge is 0.389 e. The van der Waals surface area contributed by atoms with E-state index in [-0.39, 0.29) is 17.5 Å². The van der Waals surface area contributed by atoms with Crippen LogP contribution in [0, 0.1) is 11.3 Å². The standard InChI is InChI=1S/C16H21N3O/c1-3-13(2)19-16(20)15(11-17)12-18-10-9-14-7-5-4-6-8-14/h4-8,12-13,18H,3,9-10H2,1-2H3,(H,19,20)/b15-12-. The molecule has 0 fully saturated rings. The number of amides is 1. The molecule has 1 rings (SSSR count). The Hall–Kier alpha value is -2.28. The van der Waals surface area contributed by atoms with Crippen molar-refractivity contribution in [2.45, 2.75) is 32.7 Å². The summed E-state index contributed by atoms with van der Waals surface area (Å²) in [4.78, 5) is 11.8. The summed E-state index contributed by atoms with van der Waals surface area (Å²) < 4.78 is 0. The predicted molar refractivity (Wildman–Crippen MR) is 79.7 cm³/mol. The Morgan fingerprint density at radius 1 is 1.40 bits per heavy atom. The smallest absolute Gasteiger partial charge is 0.263 e. The zero-order valence-electron chi connectivity index (χ0n) is 12.0. The minimum atomic E-state index is -0.325. The van der Waals surface area contributed by atoms with Gasteiger partial charge in [-0.05, 0) is 25.3 Å². The van der Waals surface area contributed by atoms with Crippen LogP contribution in [0.25, 0.3) is 0 Å². The maximum Gasteiger partial charge on any atom is 0.263 e. The van der Waals surface area contributed by atoms with Gasteiger partial charge in [0, 0.05) is 18.8 Å². The molecule has 1 unspecified atom stereocenters. The first-order chi connectivity index (χ1) is 9.67. The van der Waals surface area contributed by atoms with Crippen LogP contribution in [0.2, 0.25) is 0 Å². The molecule has 1 aromatic carbocycles. The van der Waals surface area contributed by atoms with Gasteiger partial charge in [-0.2, -0.15) is 5.26 Å². The fourth-order valence-electron chi connectivity index (χ4n) is 1.59. The number of hydrogen-bond donors (Lipinski definition) is 2. The molecule has 0 aliphatic heterocycles. The second-order valence-electron chi connectivity index (χ2n) is 4.64. The molecule has 1 aromatic rings. The summed E-state index contributed by atoms with van der Waals surface area (Å²) in [5.41, 5.74) is 1.33. The summed E-state index contributed by atoms with van der Waals surface area (Å²) in [5, 5.41) is 14.8. The van der Waals surface area contributed by atoms with Crippen LogP contribution in [-0.2, 0) is 11.2 Å². The number of rotatable bonds is 7. The van der Waals surface area contributed by atoms with Gasteiger partial charge in [-0.15, -0.1) is 0 Å². The zero-order chi connectivity index (χ0) is 14.8. The lowest BCUT2D eigenvalue weighted by molar-refractivity contribution is -0.117. The number of benzene rings is 1. The lowest BCUT2D eigenvalue weighted by Crippen LogP contribution is -2.33. The topological polar surface area (TPSA) is 64.9 Å². The van der Waals surface area contributed by atoms with E-state index >= 15 is 0 Å². The molecule has 0 saturated heterocycles. The molecule has 0 aliphatic rings. The molecule has 0 bridgehead atoms. The van der Waals surface area contributed by atoms with Gasteiger partial charge < -0.3 is 10.6 Å². The van der Waals surface area contributed by atoms with Crippen molar-refractivity contribution in [1.82, 2.24) is 10.6 Å². The van der Waals surface area contributed by atoms with Gasteiger partial charge in [0.05, 0.1) is 0 Å². The quantitative estimate of drug-likeness (QED) is 0.453. The molecule has 0 spiro atoms. The molecule has 0 radical (unpaired) electrons. The third kappa shape index (κ3) is 5.57. The third-order valence-corrected chi connectivity index (χ3v) is 3.00. The SMILES string of the molecule is CCC(C)NC(=O)/C(C#N)=C\NCCc1ccccc1. The van der Waals surface area contributed by atoms with Crippen LogP contribution in [0.4, 0.5) is 0 Å². The first kappa shape index (κ1) is 15.8. The lowest BCUT2D eigenvalue weighted by atomic mass is 10.1. The van der Waals surface area contributed by atoms with Crippen LogP contribution in [0.3, 0.4) is 0 Å². The second kappa shape index (κ2) is 8.76. The molecule has 106 valence electrons. The van der Waals surface area contributed by atoms with E-state index in [1.807, 2.05) is 50.2 Å². The molecule has 1 amide bonds. The maximum atomic E-state index is 11.8. The van der Waals surface area contributed by atoms with E-state index in [4.69, 9.17) is 5.26 Å². The van der Waals surface area contributed by atoms with Crippen molar-refractivity contribution in [3.8, 4) is 6.07 Å². The van der Waals surface area contributed by atoms with Crippen molar-refractivity contribution < 1.29 is 4.79 Å². The van der Waals surface area contributed by atoms with Gasteiger partial charge in [-0.3, -0.25) is 4.79 Å². The van der Waals surface area contributed by atoms with E-state index in [9.17, 15) is 4.79 Å². The number of hydrogen-bond acceptors (Lipinski definition) is 3. The summed E-state index contributed by atoms with van der Waals surface area (Å²) in [6, 6.07) is 12.0. The molecule has 0 saturated carbocycles. The van der Waals surface area contributed by atoms with Gasteiger partial charge in [0.1, 0.15) is 11.6 Å². The molecular formula is C16H21N3O. The first-order valence-corrected chi connectivity index (χ1v) is 6.85. The van der Waals surface area contributed by atoms with Gasteiger partial charge in [0.2, 0.25) is 0 Å². The Kier molecular flexibility index (Phi) is 6.91. The third-order valence-electron chi connectivity index (χ3n) is 3.00. The molecular weight excluding hydrogens is 250 g/mol. The molecule has 4 heteroatoms. The Bertz CT molecular complexity index is 488. The minimum Gasteiger partial charge on any atom is -0.389 e. The van der Waals surface area contributed by atoms with Gasteiger partial charge in [0.25, 0.3) is 5.91 Å². The van der Waals surface area contributed by atoms with Crippen molar-refractivity contribution in [1.29, 1.82) is 5.26 Å². The van der Waals surface area contributed by atoms with E-state index < -0.39 is 0 Å². The van der Waals surface area contributed by atoms with Crippen molar-refractivity contribution in [2.75, 3.05) is 6.54 Å². The van der Waals surface area contributed by atoms with Crippen molar-refractivity contribution in [2.24, 2.45) is 0 Å². The Balaban J connectivity index is 2.42. The van der Waals surface area contributed by atoms with Crippen LogP contribution in [0.15, 0.2) is 42.1 Å². The highest BCUT2D eigenvalue weighted by molar-refractivity contribution is 5.97. The molecule has 4 nitrogen and oxygen atoms in total. The molecule has 20 heavy (non-hydrogen) atoms. The van der Waals surface area contributed by atoms with E-state index in [1.165, 1.54) is 11.8 Å². The lowest BCUT2D eigenvalue weighted by Gasteiger charge is -2.10. The summed E-state index contributed by atoms with van der Waals surface area (Å²) in [6.45, 7) is 4.58. The summed E-state index contributed by atoms with van der Waals surface area (Å²) >= 11 is 0. The van der Waals surface area contributed by atoms with Crippen molar-refractivity contribution in [3.63, 3.8) is 0 Å². The van der Waals surface area contributed by atoms with E-state index in [1.54, 1.807) is 0 Å². The summed E-state index contributed by atoms with van der Waals surface area (Å²) in [6.07, 6.45) is 3.18. The van der Waals surface area contributed by atoms with Gasteiger partial charge >= 0.3 is 0 Å². The van der Waals surface area contributed by atoms with Crippen LogP contribution in [0.1, 0.15) is 25.8 Å². The average molecular weight is 271 g/mol. The van der Waals surface area contributed by atoms with Gasteiger partial charge in [-0.1, -0.05) is 37.3 Å². The normalized spacial score (nSPS) is 12.3.